The van der Waals surface area contributed by atoms with E-state index in [1.807, 2.05) is 62.5 Å². The van der Waals surface area contributed by atoms with Gasteiger partial charge in [0.15, 0.2) is 0 Å². The van der Waals surface area contributed by atoms with Crippen molar-refractivity contribution in [2.24, 2.45) is 0 Å². The highest BCUT2D eigenvalue weighted by molar-refractivity contribution is 9.11. The lowest BCUT2D eigenvalue weighted by molar-refractivity contribution is 1.26. The molecule has 0 saturated heterocycles. The molecule has 1 aromatic carbocycles. The summed E-state index contributed by atoms with van der Waals surface area (Å²) in [5.41, 5.74) is 2.15. The summed E-state index contributed by atoms with van der Waals surface area (Å²) >= 11 is 9.83. The Labute approximate surface area is 162 Å². The summed E-state index contributed by atoms with van der Waals surface area (Å²) in [5.74, 6) is 0. The molecule has 0 aliphatic rings. The van der Waals surface area contributed by atoms with Crippen LogP contribution in [0.15, 0.2) is 80.5 Å². The SMILES string of the molecule is Brc1ccc(-c2ccccc2)nc1.Brc1ccc(Br)nc1.CC. The molecule has 0 N–H and O–H groups in total. The highest BCUT2D eigenvalue weighted by Gasteiger charge is 1.96. The first-order valence-corrected chi connectivity index (χ1v) is 9.47. The molecule has 23 heavy (non-hydrogen) atoms. The Morgan fingerprint density at radius 2 is 1.22 bits per heavy atom. The van der Waals surface area contributed by atoms with Crippen molar-refractivity contribution in [2.45, 2.75) is 13.8 Å². The van der Waals surface area contributed by atoms with E-state index in [-0.39, 0.29) is 0 Å². The van der Waals surface area contributed by atoms with E-state index < -0.39 is 0 Å². The van der Waals surface area contributed by atoms with Crippen molar-refractivity contribution in [3.05, 3.63) is 80.5 Å². The fourth-order valence-electron chi connectivity index (χ4n) is 1.51. The van der Waals surface area contributed by atoms with Gasteiger partial charge in [0, 0.05) is 26.9 Å². The number of aromatic nitrogens is 2. The minimum absolute atomic E-state index is 0.862. The number of hydrogen-bond donors (Lipinski definition) is 0. The normalized spacial score (nSPS) is 9.09. The highest BCUT2D eigenvalue weighted by Crippen LogP contribution is 2.17. The highest BCUT2D eigenvalue weighted by atomic mass is 79.9. The van der Waals surface area contributed by atoms with E-state index in [4.69, 9.17) is 0 Å². The molecule has 2 aromatic heterocycles. The van der Waals surface area contributed by atoms with Crippen molar-refractivity contribution in [2.75, 3.05) is 0 Å². The van der Waals surface area contributed by atoms with Crippen molar-refractivity contribution in [1.82, 2.24) is 9.97 Å². The van der Waals surface area contributed by atoms with Gasteiger partial charge in [-0.25, -0.2) is 4.98 Å². The molecular formula is C18H17Br3N2. The van der Waals surface area contributed by atoms with Gasteiger partial charge >= 0.3 is 0 Å². The third-order valence-electron chi connectivity index (χ3n) is 2.49. The van der Waals surface area contributed by atoms with Gasteiger partial charge in [-0.15, -0.1) is 0 Å². The maximum atomic E-state index is 4.30. The first-order valence-electron chi connectivity index (χ1n) is 7.09. The van der Waals surface area contributed by atoms with Gasteiger partial charge in [0.2, 0.25) is 0 Å². The monoisotopic (exact) mass is 498 g/mol. The lowest BCUT2D eigenvalue weighted by Gasteiger charge is -1.99. The molecule has 0 atom stereocenters. The van der Waals surface area contributed by atoms with E-state index in [0.29, 0.717) is 0 Å². The molecule has 5 heteroatoms. The molecule has 0 fully saturated rings. The average molecular weight is 501 g/mol. The molecule has 0 spiro atoms. The standard InChI is InChI=1S/C11H8BrN.C5H3Br2N.C2H6/c12-10-6-7-11(13-8-10)9-4-2-1-3-5-9;6-4-1-2-5(7)8-3-4;1-2/h1-8H;1-3H;1-2H3. The molecule has 0 unspecified atom stereocenters. The van der Waals surface area contributed by atoms with E-state index in [2.05, 4.69) is 69.9 Å². The zero-order valence-electron chi connectivity index (χ0n) is 12.9. The summed E-state index contributed by atoms with van der Waals surface area (Å²) in [6, 6.07) is 17.9. The second kappa shape index (κ2) is 11.5. The zero-order chi connectivity index (χ0) is 17.1. The molecule has 0 amide bonds. The summed E-state index contributed by atoms with van der Waals surface area (Å²) in [7, 11) is 0. The summed E-state index contributed by atoms with van der Waals surface area (Å²) in [4.78, 5) is 8.25. The molecule has 0 saturated carbocycles. The fraction of sp³-hybridized carbons (Fsp3) is 0.111. The second-order valence-electron chi connectivity index (χ2n) is 4.03. The Morgan fingerprint density at radius 3 is 1.65 bits per heavy atom. The van der Waals surface area contributed by atoms with Gasteiger partial charge < -0.3 is 0 Å². The number of nitrogens with zero attached hydrogens (tertiary/aromatic N) is 2. The van der Waals surface area contributed by atoms with Gasteiger partial charge in [0.25, 0.3) is 0 Å². The van der Waals surface area contributed by atoms with E-state index in [1.54, 1.807) is 6.20 Å². The lowest BCUT2D eigenvalue weighted by atomic mass is 10.1. The number of benzene rings is 1. The first kappa shape index (κ1) is 20.0. The molecule has 3 aromatic rings. The molecule has 3 rings (SSSR count). The third-order valence-corrected chi connectivity index (χ3v) is 3.90. The van der Waals surface area contributed by atoms with E-state index >= 15 is 0 Å². The molecule has 0 bridgehead atoms. The number of hydrogen-bond acceptors (Lipinski definition) is 2. The van der Waals surface area contributed by atoms with E-state index in [0.717, 1.165) is 24.8 Å². The average Bonchev–Trinajstić information content (AvgIpc) is 2.61. The topological polar surface area (TPSA) is 25.8 Å². The van der Waals surface area contributed by atoms with Crippen LogP contribution in [0, 0.1) is 0 Å². The van der Waals surface area contributed by atoms with Crippen molar-refractivity contribution in [1.29, 1.82) is 0 Å². The third kappa shape index (κ3) is 7.86. The first-order chi connectivity index (χ1) is 11.1. The Kier molecular flexibility index (Phi) is 9.99. The largest absolute Gasteiger partial charge is 0.255 e. The second-order valence-corrected chi connectivity index (χ2v) is 6.67. The molecule has 2 heterocycles. The van der Waals surface area contributed by atoms with Crippen molar-refractivity contribution in [3.63, 3.8) is 0 Å². The zero-order valence-corrected chi connectivity index (χ0v) is 17.6. The van der Waals surface area contributed by atoms with Crippen LogP contribution in [0.1, 0.15) is 13.8 Å². The Bertz CT molecular complexity index is 648. The molecule has 0 aliphatic carbocycles. The van der Waals surface area contributed by atoms with Crippen LogP contribution in [0.3, 0.4) is 0 Å². The predicted octanol–water partition coefficient (Wildman–Crippen LogP) is 7.14. The van der Waals surface area contributed by atoms with Gasteiger partial charge in [0.05, 0.1) is 5.69 Å². The minimum Gasteiger partial charge on any atom is -0.255 e. The molecular weight excluding hydrogens is 484 g/mol. The van der Waals surface area contributed by atoms with Crippen molar-refractivity contribution in [3.8, 4) is 11.3 Å². The maximum Gasteiger partial charge on any atom is 0.106 e. The number of halogens is 3. The minimum atomic E-state index is 0.862. The van der Waals surface area contributed by atoms with Gasteiger partial charge in [-0.1, -0.05) is 44.2 Å². The molecule has 0 radical (unpaired) electrons. The van der Waals surface area contributed by atoms with Gasteiger partial charge in [-0.2, -0.15) is 0 Å². The van der Waals surface area contributed by atoms with Gasteiger partial charge in [0.1, 0.15) is 4.60 Å². The molecule has 120 valence electrons. The van der Waals surface area contributed by atoms with Gasteiger partial charge in [-0.3, -0.25) is 4.98 Å². The van der Waals surface area contributed by atoms with Crippen molar-refractivity contribution >= 4 is 47.8 Å². The summed E-state index contributed by atoms with van der Waals surface area (Å²) in [6.07, 6.45) is 3.55. The summed E-state index contributed by atoms with van der Waals surface area (Å²) < 4.78 is 2.87. The van der Waals surface area contributed by atoms with Crippen LogP contribution in [-0.2, 0) is 0 Å². The van der Waals surface area contributed by atoms with Crippen LogP contribution < -0.4 is 0 Å². The van der Waals surface area contributed by atoms with Gasteiger partial charge in [-0.05, 0) is 72.1 Å². The van der Waals surface area contributed by atoms with Crippen LogP contribution in [0.2, 0.25) is 0 Å². The summed E-state index contributed by atoms with van der Waals surface area (Å²) in [5, 5.41) is 0. The van der Waals surface area contributed by atoms with E-state index in [9.17, 15) is 0 Å². The Morgan fingerprint density at radius 1 is 0.652 bits per heavy atom. The quantitative estimate of drug-likeness (QED) is 0.332. The molecule has 2 nitrogen and oxygen atoms in total. The maximum absolute atomic E-state index is 4.30. The molecule has 0 aliphatic heterocycles. The summed E-state index contributed by atoms with van der Waals surface area (Å²) in [6.45, 7) is 4.00. The van der Waals surface area contributed by atoms with E-state index in [1.165, 1.54) is 0 Å². The van der Waals surface area contributed by atoms with Crippen LogP contribution in [-0.4, -0.2) is 9.97 Å². The number of pyridine rings is 2. The lowest BCUT2D eigenvalue weighted by Crippen LogP contribution is -1.81. The number of rotatable bonds is 1. The predicted molar refractivity (Wildman–Crippen MR) is 108 cm³/mol. The van der Waals surface area contributed by atoms with Crippen molar-refractivity contribution < 1.29 is 0 Å². The van der Waals surface area contributed by atoms with Crippen LogP contribution >= 0.6 is 47.8 Å². The fourth-order valence-corrected chi connectivity index (χ4v) is 2.22. The smallest absolute Gasteiger partial charge is 0.106 e. The Balaban J connectivity index is 0.000000228. The van der Waals surface area contributed by atoms with Crippen LogP contribution in [0.4, 0.5) is 0 Å². The van der Waals surface area contributed by atoms with Crippen LogP contribution in [0.5, 0.6) is 0 Å². The van der Waals surface area contributed by atoms with Crippen LogP contribution in [0.25, 0.3) is 11.3 Å². The Hall–Kier alpha value is -1.04.